The van der Waals surface area contributed by atoms with E-state index in [4.69, 9.17) is 17.3 Å². The molecule has 1 fully saturated rings. The summed E-state index contributed by atoms with van der Waals surface area (Å²) in [7, 11) is -3.67. The van der Waals surface area contributed by atoms with Crippen LogP contribution in [0.1, 0.15) is 19.8 Å². The molecule has 2 N–H and O–H groups in total. The minimum Gasteiger partial charge on any atom is -0.369 e. The second kappa shape index (κ2) is 7.61. The van der Waals surface area contributed by atoms with Crippen molar-refractivity contribution in [2.24, 2.45) is 11.7 Å². The molecule has 1 aromatic carbocycles. The number of sulfonamides is 1. The Morgan fingerprint density at radius 3 is 2.20 bits per heavy atom. The van der Waals surface area contributed by atoms with Crippen molar-refractivity contribution >= 4 is 39.1 Å². The van der Waals surface area contributed by atoms with Crippen LogP contribution in [0.5, 0.6) is 0 Å². The molecule has 25 heavy (non-hydrogen) atoms. The van der Waals surface area contributed by atoms with Gasteiger partial charge in [0.05, 0.1) is 11.9 Å². The Labute approximate surface area is 152 Å². The van der Waals surface area contributed by atoms with Crippen molar-refractivity contribution in [3.63, 3.8) is 0 Å². The standard InChI is InChI=1S/C16H22ClN3O4S/c1-11(16(22)19-9-7-12(8-10-19)15(18)21)20(25(2,23)24)14-5-3-13(17)4-6-14/h3-6,11-12H,7-10H2,1-2H3,(H2,18,21)/t11-/m0/s1. The van der Waals surface area contributed by atoms with Crippen molar-refractivity contribution in [2.75, 3.05) is 23.7 Å². The lowest BCUT2D eigenvalue weighted by Gasteiger charge is -2.36. The topological polar surface area (TPSA) is 101 Å². The molecule has 0 aliphatic carbocycles. The first-order chi connectivity index (χ1) is 11.6. The lowest BCUT2D eigenvalue weighted by molar-refractivity contribution is -0.135. The van der Waals surface area contributed by atoms with Crippen molar-refractivity contribution in [1.82, 2.24) is 4.90 Å². The molecule has 1 aromatic rings. The molecular formula is C16H22ClN3O4S. The summed E-state index contributed by atoms with van der Waals surface area (Å²) in [5.41, 5.74) is 5.68. The fraction of sp³-hybridized carbons (Fsp3) is 0.500. The van der Waals surface area contributed by atoms with Gasteiger partial charge in [-0.15, -0.1) is 0 Å². The summed E-state index contributed by atoms with van der Waals surface area (Å²) < 4.78 is 25.6. The molecule has 0 radical (unpaired) electrons. The number of carbonyl (C=O) groups excluding carboxylic acids is 2. The van der Waals surface area contributed by atoms with Crippen molar-refractivity contribution < 1.29 is 18.0 Å². The second-order valence-corrected chi connectivity index (χ2v) is 8.51. The van der Waals surface area contributed by atoms with Crippen LogP contribution in [0.4, 0.5) is 5.69 Å². The highest BCUT2D eigenvalue weighted by Crippen LogP contribution is 2.25. The van der Waals surface area contributed by atoms with Crippen LogP contribution in [0, 0.1) is 5.92 Å². The molecule has 9 heteroatoms. The highest BCUT2D eigenvalue weighted by atomic mass is 35.5. The second-order valence-electron chi connectivity index (χ2n) is 6.21. The van der Waals surface area contributed by atoms with Gasteiger partial charge >= 0.3 is 0 Å². The quantitative estimate of drug-likeness (QED) is 0.820. The fourth-order valence-electron chi connectivity index (χ4n) is 3.04. The lowest BCUT2D eigenvalue weighted by atomic mass is 9.96. The van der Waals surface area contributed by atoms with Gasteiger partial charge in [0.25, 0.3) is 0 Å². The molecule has 0 saturated carbocycles. The maximum absolute atomic E-state index is 12.8. The number of hydrogen-bond acceptors (Lipinski definition) is 4. The third kappa shape index (κ3) is 4.64. The SMILES string of the molecule is C[C@@H](C(=O)N1CCC(C(N)=O)CC1)N(c1ccc(Cl)cc1)S(C)(=O)=O. The number of piperidine rings is 1. The number of amides is 2. The summed E-state index contributed by atoms with van der Waals surface area (Å²) >= 11 is 5.85. The van der Waals surface area contributed by atoms with Gasteiger partial charge in [-0.05, 0) is 44.0 Å². The van der Waals surface area contributed by atoms with Crippen LogP contribution in [0.15, 0.2) is 24.3 Å². The van der Waals surface area contributed by atoms with E-state index in [0.717, 1.165) is 10.6 Å². The molecule has 7 nitrogen and oxygen atoms in total. The highest BCUT2D eigenvalue weighted by molar-refractivity contribution is 7.92. The maximum atomic E-state index is 12.8. The number of likely N-dealkylation sites (tertiary alicyclic amines) is 1. The fourth-order valence-corrected chi connectivity index (χ4v) is 4.33. The van der Waals surface area contributed by atoms with E-state index >= 15 is 0 Å². The van der Waals surface area contributed by atoms with Crippen molar-refractivity contribution in [1.29, 1.82) is 0 Å². The molecule has 1 atom stereocenters. The van der Waals surface area contributed by atoms with E-state index in [9.17, 15) is 18.0 Å². The number of nitrogens with zero attached hydrogens (tertiary/aromatic N) is 2. The largest absolute Gasteiger partial charge is 0.369 e. The maximum Gasteiger partial charge on any atom is 0.246 e. The summed E-state index contributed by atoms with van der Waals surface area (Å²) in [6, 6.07) is 5.37. The van der Waals surface area contributed by atoms with Gasteiger partial charge in [-0.25, -0.2) is 8.42 Å². The van der Waals surface area contributed by atoms with Gasteiger partial charge in [-0.2, -0.15) is 0 Å². The molecule has 0 unspecified atom stereocenters. The van der Waals surface area contributed by atoms with E-state index < -0.39 is 16.1 Å². The summed E-state index contributed by atoms with van der Waals surface area (Å²) in [6.45, 7) is 2.32. The Kier molecular flexibility index (Phi) is 5.95. The number of anilines is 1. The zero-order chi connectivity index (χ0) is 18.8. The molecular weight excluding hydrogens is 366 g/mol. The Hall–Kier alpha value is -1.80. The number of halogens is 1. The Bertz CT molecular complexity index is 743. The summed E-state index contributed by atoms with van der Waals surface area (Å²) in [5.74, 6) is -0.899. The van der Waals surface area contributed by atoms with Gasteiger partial charge in [-0.1, -0.05) is 11.6 Å². The van der Waals surface area contributed by atoms with Crippen LogP contribution < -0.4 is 10.0 Å². The number of nitrogens with two attached hydrogens (primary N) is 1. The van der Waals surface area contributed by atoms with Crippen molar-refractivity contribution in [3.8, 4) is 0 Å². The van der Waals surface area contributed by atoms with Gasteiger partial charge in [0.1, 0.15) is 6.04 Å². The minimum absolute atomic E-state index is 0.235. The molecule has 2 amide bonds. The number of rotatable bonds is 5. The van der Waals surface area contributed by atoms with Crippen molar-refractivity contribution in [3.05, 3.63) is 29.3 Å². The molecule has 1 heterocycles. The zero-order valence-corrected chi connectivity index (χ0v) is 15.8. The van der Waals surface area contributed by atoms with Gasteiger partial charge in [0.2, 0.25) is 21.8 Å². The van der Waals surface area contributed by atoms with Crippen LogP contribution in [0.2, 0.25) is 5.02 Å². The number of primary amides is 1. The summed E-state index contributed by atoms with van der Waals surface area (Å²) in [5, 5.41) is 0.477. The van der Waals surface area contributed by atoms with E-state index in [1.54, 1.807) is 36.1 Å². The van der Waals surface area contributed by atoms with Crippen LogP contribution in [0.3, 0.4) is 0 Å². The Balaban J connectivity index is 2.19. The molecule has 0 spiro atoms. The molecule has 0 bridgehead atoms. The molecule has 1 aliphatic rings. The van der Waals surface area contributed by atoms with E-state index in [0.29, 0.717) is 36.6 Å². The van der Waals surface area contributed by atoms with Crippen LogP contribution in [-0.2, 0) is 19.6 Å². The van der Waals surface area contributed by atoms with E-state index in [2.05, 4.69) is 0 Å². The molecule has 2 rings (SSSR count). The van der Waals surface area contributed by atoms with Crippen LogP contribution in [0.25, 0.3) is 0 Å². The first kappa shape index (κ1) is 19.5. The normalized spacial score (nSPS) is 17.2. The van der Waals surface area contributed by atoms with Crippen LogP contribution in [-0.4, -0.2) is 50.5 Å². The predicted molar refractivity (Wildman–Crippen MR) is 96.7 cm³/mol. The average molecular weight is 388 g/mol. The Morgan fingerprint density at radius 1 is 1.24 bits per heavy atom. The lowest BCUT2D eigenvalue weighted by Crippen LogP contribution is -2.52. The first-order valence-corrected chi connectivity index (χ1v) is 10.2. The third-order valence-electron chi connectivity index (χ3n) is 4.36. The molecule has 1 saturated heterocycles. The molecule has 138 valence electrons. The smallest absolute Gasteiger partial charge is 0.246 e. The molecule has 1 aliphatic heterocycles. The van der Waals surface area contributed by atoms with Gasteiger partial charge in [-0.3, -0.25) is 13.9 Å². The Morgan fingerprint density at radius 2 is 1.76 bits per heavy atom. The third-order valence-corrected chi connectivity index (χ3v) is 5.85. The summed E-state index contributed by atoms with van der Waals surface area (Å²) in [4.78, 5) is 25.6. The highest BCUT2D eigenvalue weighted by Gasteiger charge is 2.34. The number of benzene rings is 1. The van der Waals surface area contributed by atoms with Gasteiger partial charge in [0, 0.05) is 24.0 Å². The van der Waals surface area contributed by atoms with E-state index in [1.807, 2.05) is 0 Å². The summed E-state index contributed by atoms with van der Waals surface area (Å²) in [6.07, 6.45) is 2.05. The zero-order valence-electron chi connectivity index (χ0n) is 14.2. The van der Waals surface area contributed by atoms with Crippen LogP contribution >= 0.6 is 11.6 Å². The predicted octanol–water partition coefficient (Wildman–Crippen LogP) is 1.22. The average Bonchev–Trinajstić information content (AvgIpc) is 2.55. The molecule has 0 aromatic heterocycles. The van der Waals surface area contributed by atoms with Gasteiger partial charge < -0.3 is 10.6 Å². The monoisotopic (exact) mass is 387 g/mol. The van der Waals surface area contributed by atoms with E-state index in [1.165, 1.54) is 0 Å². The first-order valence-electron chi connectivity index (χ1n) is 7.94. The van der Waals surface area contributed by atoms with Crippen molar-refractivity contribution in [2.45, 2.75) is 25.8 Å². The number of carbonyl (C=O) groups is 2. The minimum atomic E-state index is -3.67. The van der Waals surface area contributed by atoms with E-state index in [-0.39, 0.29) is 17.7 Å². The van der Waals surface area contributed by atoms with Gasteiger partial charge in [0.15, 0.2) is 0 Å². The number of hydrogen-bond donors (Lipinski definition) is 1.